The number of thioether (sulfide) groups is 1. The number of rotatable bonds is 3. The predicted molar refractivity (Wildman–Crippen MR) is 81.2 cm³/mol. The maximum Gasteiger partial charge on any atom is 0.224 e. The highest BCUT2D eigenvalue weighted by Crippen LogP contribution is 2.38. The molecule has 1 saturated heterocycles. The fourth-order valence-electron chi connectivity index (χ4n) is 2.52. The van der Waals surface area contributed by atoms with Crippen molar-refractivity contribution < 1.29 is 4.79 Å². The van der Waals surface area contributed by atoms with Crippen molar-refractivity contribution in [3.05, 3.63) is 0 Å². The van der Waals surface area contributed by atoms with Crippen molar-refractivity contribution in [2.45, 2.75) is 52.0 Å². The Morgan fingerprint density at radius 3 is 2.74 bits per heavy atom. The Labute approximate surface area is 120 Å². The molecule has 2 aliphatic rings. The number of primary amides is 1. The molecule has 19 heavy (non-hydrogen) atoms. The molecule has 108 valence electrons. The van der Waals surface area contributed by atoms with E-state index >= 15 is 0 Å². The van der Waals surface area contributed by atoms with E-state index in [9.17, 15) is 4.79 Å². The largest absolute Gasteiger partial charge is 0.369 e. The molecule has 1 spiro atoms. The SMILES string of the molecule is CC1CCC2(CC1)CSC(=NCC(C)(C)C(N)=O)N2. The molecule has 1 amide bonds. The summed E-state index contributed by atoms with van der Waals surface area (Å²) < 4.78 is 0. The third kappa shape index (κ3) is 3.44. The van der Waals surface area contributed by atoms with Gasteiger partial charge >= 0.3 is 0 Å². The second-order valence-electron chi connectivity index (χ2n) is 6.75. The third-order valence-corrected chi connectivity index (χ3v) is 5.58. The number of hydrogen-bond donors (Lipinski definition) is 2. The number of nitrogens with two attached hydrogens (primary N) is 1. The number of hydrogen-bond acceptors (Lipinski definition) is 3. The molecule has 3 N–H and O–H groups in total. The summed E-state index contributed by atoms with van der Waals surface area (Å²) in [6, 6.07) is 0. The molecule has 0 aromatic carbocycles. The molecular weight excluding hydrogens is 258 g/mol. The quantitative estimate of drug-likeness (QED) is 0.834. The van der Waals surface area contributed by atoms with Gasteiger partial charge in [-0.2, -0.15) is 0 Å². The fraction of sp³-hybridized carbons (Fsp3) is 0.857. The molecule has 0 atom stereocenters. The van der Waals surface area contributed by atoms with E-state index in [4.69, 9.17) is 5.73 Å². The number of carbonyl (C=O) groups excluding carboxylic acids is 1. The van der Waals surface area contributed by atoms with E-state index in [2.05, 4.69) is 17.2 Å². The molecule has 0 bridgehead atoms. The Bertz CT molecular complexity index is 384. The first-order chi connectivity index (χ1) is 8.83. The van der Waals surface area contributed by atoms with Gasteiger partial charge in [0.1, 0.15) is 0 Å². The van der Waals surface area contributed by atoms with Crippen LogP contribution in [0, 0.1) is 11.3 Å². The Hall–Kier alpha value is -0.710. The molecule has 2 rings (SSSR count). The highest BCUT2D eigenvalue weighted by molar-refractivity contribution is 8.14. The second kappa shape index (κ2) is 5.35. The highest BCUT2D eigenvalue weighted by atomic mass is 32.2. The van der Waals surface area contributed by atoms with Crippen LogP contribution in [0.3, 0.4) is 0 Å². The normalized spacial score (nSPS) is 33.6. The van der Waals surface area contributed by atoms with E-state index in [1.807, 2.05) is 13.8 Å². The molecule has 1 heterocycles. The van der Waals surface area contributed by atoms with Crippen molar-refractivity contribution in [3.8, 4) is 0 Å². The van der Waals surface area contributed by atoms with Crippen LogP contribution < -0.4 is 11.1 Å². The van der Waals surface area contributed by atoms with Gasteiger partial charge in [0.2, 0.25) is 5.91 Å². The molecule has 5 heteroatoms. The lowest BCUT2D eigenvalue weighted by molar-refractivity contribution is -0.125. The van der Waals surface area contributed by atoms with Crippen molar-refractivity contribution >= 4 is 22.8 Å². The van der Waals surface area contributed by atoms with Gasteiger partial charge in [0.15, 0.2) is 5.17 Å². The van der Waals surface area contributed by atoms with Gasteiger partial charge in [-0.15, -0.1) is 0 Å². The van der Waals surface area contributed by atoms with E-state index in [0.717, 1.165) is 16.8 Å². The zero-order chi connectivity index (χ0) is 14.1. The maximum absolute atomic E-state index is 11.3. The fourth-order valence-corrected chi connectivity index (χ4v) is 3.74. The van der Waals surface area contributed by atoms with E-state index < -0.39 is 5.41 Å². The minimum atomic E-state index is -0.563. The molecule has 1 saturated carbocycles. The van der Waals surface area contributed by atoms with Gasteiger partial charge in [-0.25, -0.2) is 0 Å². The van der Waals surface area contributed by atoms with Gasteiger partial charge < -0.3 is 11.1 Å². The summed E-state index contributed by atoms with van der Waals surface area (Å²) >= 11 is 1.79. The van der Waals surface area contributed by atoms with Crippen molar-refractivity contribution in [1.29, 1.82) is 0 Å². The van der Waals surface area contributed by atoms with Crippen LogP contribution >= 0.6 is 11.8 Å². The molecule has 0 radical (unpaired) electrons. The number of nitrogens with one attached hydrogen (secondary N) is 1. The van der Waals surface area contributed by atoms with Gasteiger partial charge in [0.25, 0.3) is 0 Å². The van der Waals surface area contributed by atoms with E-state index in [1.165, 1.54) is 25.7 Å². The van der Waals surface area contributed by atoms with Crippen LogP contribution in [0.2, 0.25) is 0 Å². The van der Waals surface area contributed by atoms with Crippen molar-refractivity contribution in [3.63, 3.8) is 0 Å². The Balaban J connectivity index is 1.93. The van der Waals surface area contributed by atoms with Crippen LogP contribution in [0.15, 0.2) is 4.99 Å². The summed E-state index contributed by atoms with van der Waals surface area (Å²) in [6.07, 6.45) is 5.07. The standard InChI is InChI=1S/C14H25N3OS/c1-10-4-6-14(7-5-10)9-19-12(17-14)16-8-13(2,3)11(15)18/h10H,4-9H2,1-3H3,(H2,15,18)(H,16,17). The summed E-state index contributed by atoms with van der Waals surface area (Å²) in [5, 5.41) is 4.59. The summed E-state index contributed by atoms with van der Waals surface area (Å²) in [5.74, 6) is 1.67. The lowest BCUT2D eigenvalue weighted by Gasteiger charge is -2.35. The Kier molecular flexibility index (Phi) is 4.14. The van der Waals surface area contributed by atoms with Gasteiger partial charge in [0.05, 0.1) is 12.0 Å². The van der Waals surface area contributed by atoms with Gasteiger partial charge in [-0.1, -0.05) is 18.7 Å². The van der Waals surface area contributed by atoms with Crippen molar-refractivity contribution in [2.24, 2.45) is 22.1 Å². The Morgan fingerprint density at radius 1 is 1.53 bits per heavy atom. The van der Waals surface area contributed by atoms with Crippen LogP contribution in [0.1, 0.15) is 46.5 Å². The summed E-state index contributed by atoms with van der Waals surface area (Å²) in [4.78, 5) is 15.8. The van der Waals surface area contributed by atoms with Crippen molar-refractivity contribution in [2.75, 3.05) is 12.3 Å². The van der Waals surface area contributed by atoms with Crippen LogP contribution in [0.25, 0.3) is 0 Å². The second-order valence-corrected chi connectivity index (χ2v) is 7.71. The van der Waals surface area contributed by atoms with Crippen LogP contribution in [-0.4, -0.2) is 28.9 Å². The molecule has 0 aromatic heterocycles. The molecule has 1 aliphatic heterocycles. The average molecular weight is 283 g/mol. The average Bonchev–Trinajstić information content (AvgIpc) is 2.75. The first-order valence-electron chi connectivity index (χ1n) is 7.08. The number of aliphatic imine (C=N–C) groups is 1. The minimum absolute atomic E-state index is 0.257. The van der Waals surface area contributed by atoms with Crippen LogP contribution in [-0.2, 0) is 4.79 Å². The zero-order valence-corrected chi connectivity index (χ0v) is 13.0. The number of amides is 1. The number of carbonyl (C=O) groups is 1. The minimum Gasteiger partial charge on any atom is -0.369 e. The molecule has 1 aliphatic carbocycles. The molecular formula is C14H25N3OS. The summed E-state index contributed by atoms with van der Waals surface area (Å²) in [7, 11) is 0. The van der Waals surface area contributed by atoms with Gasteiger partial charge in [-0.3, -0.25) is 9.79 Å². The first kappa shape index (κ1) is 14.7. The third-order valence-electron chi connectivity index (χ3n) is 4.37. The van der Waals surface area contributed by atoms with Gasteiger partial charge in [0, 0.05) is 11.3 Å². The molecule has 0 unspecified atom stereocenters. The first-order valence-corrected chi connectivity index (χ1v) is 8.07. The number of amidine groups is 1. The van der Waals surface area contributed by atoms with Gasteiger partial charge in [-0.05, 0) is 45.4 Å². The monoisotopic (exact) mass is 283 g/mol. The van der Waals surface area contributed by atoms with Crippen LogP contribution in [0.4, 0.5) is 0 Å². The Morgan fingerprint density at radius 2 is 2.16 bits per heavy atom. The van der Waals surface area contributed by atoms with E-state index in [0.29, 0.717) is 6.54 Å². The van der Waals surface area contributed by atoms with E-state index in [-0.39, 0.29) is 11.4 Å². The zero-order valence-electron chi connectivity index (χ0n) is 12.2. The summed E-state index contributed by atoms with van der Waals surface area (Å²) in [6.45, 7) is 6.48. The topological polar surface area (TPSA) is 67.5 Å². The van der Waals surface area contributed by atoms with Crippen molar-refractivity contribution in [1.82, 2.24) is 5.32 Å². The lowest BCUT2D eigenvalue weighted by atomic mass is 9.78. The lowest BCUT2D eigenvalue weighted by Crippen LogP contribution is -2.46. The predicted octanol–water partition coefficient (Wildman–Crippen LogP) is 2.14. The highest BCUT2D eigenvalue weighted by Gasteiger charge is 2.39. The van der Waals surface area contributed by atoms with Crippen LogP contribution in [0.5, 0.6) is 0 Å². The maximum atomic E-state index is 11.3. The van der Waals surface area contributed by atoms with E-state index in [1.54, 1.807) is 11.8 Å². The number of nitrogens with zero attached hydrogens (tertiary/aromatic N) is 1. The molecule has 2 fully saturated rings. The smallest absolute Gasteiger partial charge is 0.224 e. The molecule has 0 aromatic rings. The summed E-state index contributed by atoms with van der Waals surface area (Å²) in [5.41, 5.74) is 5.06. The molecule has 4 nitrogen and oxygen atoms in total.